The van der Waals surface area contributed by atoms with Crippen LogP contribution in [0.25, 0.3) is 0 Å². The van der Waals surface area contributed by atoms with E-state index < -0.39 is 0 Å². The zero-order chi connectivity index (χ0) is 16.8. The first-order valence-corrected chi connectivity index (χ1v) is 7.57. The maximum atomic E-state index is 12.7. The predicted molar refractivity (Wildman–Crippen MR) is 89.9 cm³/mol. The van der Waals surface area contributed by atoms with E-state index in [9.17, 15) is 14.4 Å². The van der Waals surface area contributed by atoms with Crippen LogP contribution in [0.15, 0.2) is 48.5 Å². The Hall–Kier alpha value is -2.75. The molecule has 0 saturated carbocycles. The number of carbonyl (C=O) groups is 3. The monoisotopic (exact) mass is 309 g/mol. The molecule has 118 valence electrons. The Balaban J connectivity index is 2.48. The van der Waals surface area contributed by atoms with Crippen molar-refractivity contribution in [3.8, 4) is 0 Å². The van der Waals surface area contributed by atoms with Crippen LogP contribution >= 0.6 is 0 Å². The summed E-state index contributed by atoms with van der Waals surface area (Å²) < 4.78 is 0. The Kier molecular flexibility index (Phi) is 5.41. The Morgan fingerprint density at radius 2 is 1.65 bits per heavy atom. The smallest absolute Gasteiger partial charge is 0.221 e. The lowest BCUT2D eigenvalue weighted by molar-refractivity contribution is -0.114. The van der Waals surface area contributed by atoms with Gasteiger partial charge in [-0.05, 0) is 24.6 Å². The molecular weight excluding hydrogens is 290 g/mol. The van der Waals surface area contributed by atoms with Gasteiger partial charge in [0.05, 0.1) is 5.69 Å². The van der Waals surface area contributed by atoms with Crippen LogP contribution in [-0.4, -0.2) is 17.5 Å². The van der Waals surface area contributed by atoms with Gasteiger partial charge in [0.15, 0.2) is 11.6 Å². The molecule has 0 saturated heterocycles. The Bertz CT molecular complexity index is 736. The van der Waals surface area contributed by atoms with Crippen LogP contribution in [0.2, 0.25) is 0 Å². The van der Waals surface area contributed by atoms with E-state index >= 15 is 0 Å². The van der Waals surface area contributed by atoms with E-state index in [-0.39, 0.29) is 17.5 Å². The van der Waals surface area contributed by atoms with E-state index in [1.807, 2.05) is 13.0 Å². The van der Waals surface area contributed by atoms with Crippen molar-refractivity contribution in [2.45, 2.75) is 26.7 Å². The first-order chi connectivity index (χ1) is 11.0. The van der Waals surface area contributed by atoms with Crippen molar-refractivity contribution in [1.82, 2.24) is 0 Å². The first-order valence-electron chi connectivity index (χ1n) is 7.57. The number of amides is 1. The number of rotatable bonds is 6. The number of benzene rings is 2. The summed E-state index contributed by atoms with van der Waals surface area (Å²) in [6.07, 6.45) is 1.17. The van der Waals surface area contributed by atoms with Crippen molar-refractivity contribution in [2.24, 2.45) is 0 Å². The largest absolute Gasteiger partial charge is 0.326 e. The Morgan fingerprint density at radius 3 is 2.26 bits per heavy atom. The number of hydrogen-bond donors (Lipinski definition) is 1. The van der Waals surface area contributed by atoms with Crippen LogP contribution in [0.5, 0.6) is 0 Å². The van der Waals surface area contributed by atoms with Crippen molar-refractivity contribution < 1.29 is 14.4 Å². The number of nitrogens with one attached hydrogen (secondary N) is 1. The molecule has 0 spiro atoms. The topological polar surface area (TPSA) is 63.2 Å². The molecule has 0 aromatic heterocycles. The molecule has 1 N–H and O–H groups in total. The lowest BCUT2D eigenvalue weighted by Crippen LogP contribution is -2.13. The standard InChI is InChI=1S/C19H19NO3/c1-3-7-18(22)15-10-11-17(20-13(2)21)16(12-15)19(23)14-8-5-4-6-9-14/h4-6,8-12H,3,7H2,1-2H3,(H,20,21). The molecular formula is C19H19NO3. The molecule has 2 aromatic carbocycles. The Morgan fingerprint density at radius 1 is 0.957 bits per heavy atom. The van der Waals surface area contributed by atoms with Gasteiger partial charge in [-0.25, -0.2) is 0 Å². The third kappa shape index (κ3) is 4.13. The molecule has 0 bridgehead atoms. The van der Waals surface area contributed by atoms with Gasteiger partial charge < -0.3 is 5.32 Å². The van der Waals surface area contributed by atoms with Gasteiger partial charge in [-0.1, -0.05) is 37.3 Å². The van der Waals surface area contributed by atoms with Crippen LogP contribution in [0.3, 0.4) is 0 Å². The third-order valence-corrected chi connectivity index (χ3v) is 3.41. The summed E-state index contributed by atoms with van der Waals surface area (Å²) in [4.78, 5) is 36.2. The summed E-state index contributed by atoms with van der Waals surface area (Å²) >= 11 is 0. The van der Waals surface area contributed by atoms with Crippen LogP contribution in [-0.2, 0) is 4.79 Å². The zero-order valence-corrected chi connectivity index (χ0v) is 13.3. The zero-order valence-electron chi connectivity index (χ0n) is 13.3. The van der Waals surface area contributed by atoms with E-state index in [1.165, 1.54) is 6.92 Å². The molecule has 1 amide bonds. The molecule has 0 aliphatic carbocycles. The predicted octanol–water partition coefficient (Wildman–Crippen LogP) is 3.86. The quantitative estimate of drug-likeness (QED) is 0.824. The van der Waals surface area contributed by atoms with Gasteiger partial charge >= 0.3 is 0 Å². The van der Waals surface area contributed by atoms with E-state index in [0.717, 1.165) is 6.42 Å². The molecule has 0 aliphatic heterocycles. The number of anilines is 1. The minimum absolute atomic E-state index is 0.0102. The average molecular weight is 309 g/mol. The van der Waals surface area contributed by atoms with Crippen molar-refractivity contribution in [1.29, 1.82) is 0 Å². The van der Waals surface area contributed by atoms with Gasteiger partial charge in [-0.3, -0.25) is 14.4 Å². The van der Waals surface area contributed by atoms with Crippen LogP contribution in [0, 0.1) is 0 Å². The second kappa shape index (κ2) is 7.49. The molecule has 0 fully saturated rings. The molecule has 0 aliphatic rings. The van der Waals surface area contributed by atoms with Crippen LogP contribution in [0.1, 0.15) is 53.0 Å². The number of Topliss-reactive ketones (excluding diaryl/α,β-unsaturated/α-hetero) is 1. The number of carbonyl (C=O) groups excluding carboxylic acids is 3. The molecule has 0 heterocycles. The molecule has 0 unspecified atom stereocenters. The molecule has 0 radical (unpaired) electrons. The van der Waals surface area contributed by atoms with Gasteiger partial charge in [-0.2, -0.15) is 0 Å². The number of hydrogen-bond acceptors (Lipinski definition) is 3. The summed E-state index contributed by atoms with van der Waals surface area (Å²) in [6, 6.07) is 13.6. The molecule has 4 nitrogen and oxygen atoms in total. The third-order valence-electron chi connectivity index (χ3n) is 3.41. The van der Waals surface area contributed by atoms with Gasteiger partial charge in [0, 0.05) is 30.0 Å². The lowest BCUT2D eigenvalue weighted by Gasteiger charge is -2.11. The highest BCUT2D eigenvalue weighted by atomic mass is 16.1. The van der Waals surface area contributed by atoms with E-state index in [1.54, 1.807) is 42.5 Å². The molecule has 23 heavy (non-hydrogen) atoms. The highest BCUT2D eigenvalue weighted by Gasteiger charge is 2.17. The van der Waals surface area contributed by atoms with Crippen molar-refractivity contribution >= 4 is 23.2 Å². The summed E-state index contributed by atoms with van der Waals surface area (Å²) in [7, 11) is 0. The fraction of sp³-hybridized carbons (Fsp3) is 0.211. The van der Waals surface area contributed by atoms with Gasteiger partial charge in [0.25, 0.3) is 0 Å². The normalized spacial score (nSPS) is 10.2. The fourth-order valence-corrected chi connectivity index (χ4v) is 2.32. The van der Waals surface area contributed by atoms with Crippen molar-refractivity contribution in [2.75, 3.05) is 5.32 Å². The van der Waals surface area contributed by atoms with E-state index in [0.29, 0.717) is 28.8 Å². The minimum atomic E-state index is -0.264. The van der Waals surface area contributed by atoms with E-state index in [2.05, 4.69) is 5.32 Å². The Labute approximate surface area is 135 Å². The highest BCUT2D eigenvalue weighted by Crippen LogP contribution is 2.22. The van der Waals surface area contributed by atoms with E-state index in [4.69, 9.17) is 0 Å². The average Bonchev–Trinajstić information content (AvgIpc) is 2.55. The summed E-state index contributed by atoms with van der Waals surface area (Å²) in [5, 5.41) is 2.65. The van der Waals surface area contributed by atoms with Crippen LogP contribution < -0.4 is 5.32 Å². The minimum Gasteiger partial charge on any atom is -0.326 e. The van der Waals surface area contributed by atoms with Crippen molar-refractivity contribution in [3.63, 3.8) is 0 Å². The van der Waals surface area contributed by atoms with Crippen molar-refractivity contribution in [3.05, 3.63) is 65.2 Å². The van der Waals surface area contributed by atoms with Crippen LogP contribution in [0.4, 0.5) is 5.69 Å². The second-order valence-electron chi connectivity index (χ2n) is 5.31. The highest BCUT2D eigenvalue weighted by molar-refractivity contribution is 6.15. The molecule has 2 aromatic rings. The van der Waals surface area contributed by atoms with Gasteiger partial charge in [0.1, 0.15) is 0 Å². The fourth-order valence-electron chi connectivity index (χ4n) is 2.32. The summed E-state index contributed by atoms with van der Waals surface area (Å²) in [5.74, 6) is -0.496. The maximum Gasteiger partial charge on any atom is 0.221 e. The maximum absolute atomic E-state index is 12.7. The molecule has 4 heteroatoms. The number of ketones is 2. The lowest BCUT2D eigenvalue weighted by atomic mass is 9.97. The molecule has 2 rings (SSSR count). The first kappa shape index (κ1) is 16.6. The summed E-state index contributed by atoms with van der Waals surface area (Å²) in [5.41, 5.74) is 1.74. The van der Waals surface area contributed by atoms with Gasteiger partial charge in [0.2, 0.25) is 5.91 Å². The SMILES string of the molecule is CCCC(=O)c1ccc(NC(C)=O)c(C(=O)c2ccccc2)c1. The van der Waals surface area contributed by atoms with Gasteiger partial charge in [-0.15, -0.1) is 0 Å². The summed E-state index contributed by atoms with van der Waals surface area (Å²) in [6.45, 7) is 3.31. The molecule has 0 atom stereocenters. The second-order valence-corrected chi connectivity index (χ2v) is 5.31.